The normalized spacial score (nSPS) is 26.4. The largest absolute Gasteiger partial charge is 0.375 e. The van der Waals surface area contributed by atoms with E-state index in [1.165, 1.54) is 12.8 Å². The van der Waals surface area contributed by atoms with Crippen molar-refractivity contribution in [3.8, 4) is 0 Å². The van der Waals surface area contributed by atoms with E-state index in [0.29, 0.717) is 0 Å². The van der Waals surface area contributed by atoms with Crippen LogP contribution in [-0.4, -0.2) is 42.3 Å². The van der Waals surface area contributed by atoms with E-state index in [1.807, 2.05) is 0 Å². The second-order valence-electron chi connectivity index (χ2n) is 6.18. The summed E-state index contributed by atoms with van der Waals surface area (Å²) in [4.78, 5) is 2.41. The predicted octanol–water partition coefficient (Wildman–Crippen LogP) is 1.22. The molecule has 1 heterocycles. The van der Waals surface area contributed by atoms with E-state index in [4.69, 9.17) is 10.5 Å². The van der Waals surface area contributed by atoms with E-state index in [9.17, 15) is 0 Å². The number of ether oxygens (including phenoxy) is 1. The molecule has 3 nitrogen and oxygen atoms in total. The monoisotopic (exact) mass is 212 g/mol. The fraction of sp³-hybridized carbons (Fsp3) is 1.00. The quantitative estimate of drug-likeness (QED) is 0.761. The summed E-state index contributed by atoms with van der Waals surface area (Å²) < 4.78 is 5.70. The van der Waals surface area contributed by atoms with E-state index in [2.05, 4.69) is 25.7 Å². The molecule has 0 aromatic heterocycles. The molecular formula is C12H24N2O. The Morgan fingerprint density at radius 2 is 1.93 bits per heavy atom. The molecule has 0 amide bonds. The van der Waals surface area contributed by atoms with Crippen molar-refractivity contribution in [2.45, 2.75) is 44.8 Å². The summed E-state index contributed by atoms with van der Waals surface area (Å²) in [6, 6.07) is 0. The molecule has 2 rings (SSSR count). The Bertz CT molecular complexity index is 224. The highest BCUT2D eigenvalue weighted by atomic mass is 16.5. The van der Waals surface area contributed by atoms with Crippen LogP contribution in [0.15, 0.2) is 0 Å². The molecule has 0 radical (unpaired) electrons. The molecule has 1 saturated heterocycles. The lowest BCUT2D eigenvalue weighted by Crippen LogP contribution is -2.69. The standard InChI is InChI=1S/C12H24N2O/c1-11(2,3)15-7-6-14-8-12(13,9-14)10-4-5-10/h10H,4-9,13H2,1-3H3. The third-order valence-electron chi connectivity index (χ3n) is 3.37. The average molecular weight is 212 g/mol. The van der Waals surface area contributed by atoms with Gasteiger partial charge in [-0.1, -0.05) is 0 Å². The Morgan fingerprint density at radius 3 is 2.40 bits per heavy atom. The molecule has 0 aromatic rings. The molecule has 3 heteroatoms. The maximum Gasteiger partial charge on any atom is 0.0600 e. The number of nitrogens with zero attached hydrogens (tertiary/aromatic N) is 1. The molecular weight excluding hydrogens is 188 g/mol. The van der Waals surface area contributed by atoms with Crippen LogP contribution in [-0.2, 0) is 4.74 Å². The highest BCUT2D eigenvalue weighted by Crippen LogP contribution is 2.42. The Morgan fingerprint density at radius 1 is 1.33 bits per heavy atom. The summed E-state index contributed by atoms with van der Waals surface area (Å²) in [5.41, 5.74) is 6.42. The van der Waals surface area contributed by atoms with E-state index >= 15 is 0 Å². The number of rotatable bonds is 4. The average Bonchev–Trinajstić information content (AvgIpc) is 2.80. The molecule has 88 valence electrons. The van der Waals surface area contributed by atoms with Crippen LogP contribution in [0.25, 0.3) is 0 Å². The first-order valence-electron chi connectivity index (χ1n) is 6.04. The van der Waals surface area contributed by atoms with Gasteiger partial charge in [0, 0.05) is 25.2 Å². The van der Waals surface area contributed by atoms with Crippen molar-refractivity contribution in [3.05, 3.63) is 0 Å². The minimum Gasteiger partial charge on any atom is -0.375 e. The number of hydrogen-bond acceptors (Lipinski definition) is 3. The molecule has 15 heavy (non-hydrogen) atoms. The molecule has 0 atom stereocenters. The minimum atomic E-state index is -0.0127. The van der Waals surface area contributed by atoms with Gasteiger partial charge in [-0.15, -0.1) is 0 Å². The molecule has 0 bridgehead atoms. The second-order valence-corrected chi connectivity index (χ2v) is 6.18. The van der Waals surface area contributed by atoms with Crippen LogP contribution < -0.4 is 5.73 Å². The van der Waals surface area contributed by atoms with Crippen LogP contribution in [0.2, 0.25) is 0 Å². The first-order chi connectivity index (χ1) is 6.89. The summed E-state index contributed by atoms with van der Waals surface area (Å²) in [6.45, 7) is 10.3. The molecule has 0 unspecified atom stereocenters. The van der Waals surface area contributed by atoms with Gasteiger partial charge in [0.05, 0.1) is 12.2 Å². The fourth-order valence-electron chi connectivity index (χ4n) is 2.34. The predicted molar refractivity (Wildman–Crippen MR) is 61.8 cm³/mol. The van der Waals surface area contributed by atoms with E-state index in [1.54, 1.807) is 0 Å². The molecule has 1 aliphatic carbocycles. The van der Waals surface area contributed by atoms with Gasteiger partial charge >= 0.3 is 0 Å². The van der Waals surface area contributed by atoms with Crippen molar-refractivity contribution in [2.75, 3.05) is 26.2 Å². The van der Waals surface area contributed by atoms with E-state index in [-0.39, 0.29) is 11.1 Å². The fourth-order valence-corrected chi connectivity index (χ4v) is 2.34. The van der Waals surface area contributed by atoms with Crippen molar-refractivity contribution in [1.82, 2.24) is 4.90 Å². The second kappa shape index (κ2) is 3.72. The van der Waals surface area contributed by atoms with Gasteiger partial charge in [-0.3, -0.25) is 4.90 Å². The van der Waals surface area contributed by atoms with Crippen LogP contribution >= 0.6 is 0 Å². The lowest BCUT2D eigenvalue weighted by Gasteiger charge is -2.48. The lowest BCUT2D eigenvalue weighted by molar-refractivity contribution is -0.0348. The number of nitrogens with two attached hydrogens (primary N) is 1. The highest BCUT2D eigenvalue weighted by molar-refractivity contribution is 5.08. The third kappa shape index (κ3) is 2.92. The molecule has 0 spiro atoms. The topological polar surface area (TPSA) is 38.5 Å². The van der Waals surface area contributed by atoms with Gasteiger partial charge in [0.1, 0.15) is 0 Å². The summed E-state index contributed by atoms with van der Waals surface area (Å²) >= 11 is 0. The van der Waals surface area contributed by atoms with Gasteiger partial charge in [-0.2, -0.15) is 0 Å². The summed E-state index contributed by atoms with van der Waals surface area (Å²) in [5.74, 6) is 0.817. The Labute approximate surface area is 93.0 Å². The summed E-state index contributed by atoms with van der Waals surface area (Å²) in [6.07, 6.45) is 2.70. The van der Waals surface area contributed by atoms with Crippen LogP contribution in [0.3, 0.4) is 0 Å². The SMILES string of the molecule is CC(C)(C)OCCN1CC(N)(C2CC2)C1. The third-order valence-corrected chi connectivity index (χ3v) is 3.37. The lowest BCUT2D eigenvalue weighted by atomic mass is 9.86. The summed E-state index contributed by atoms with van der Waals surface area (Å²) in [5, 5.41) is 0. The van der Waals surface area contributed by atoms with Gasteiger partial charge in [-0.25, -0.2) is 0 Å². The smallest absolute Gasteiger partial charge is 0.0600 e. The van der Waals surface area contributed by atoms with E-state index < -0.39 is 0 Å². The van der Waals surface area contributed by atoms with Crippen molar-refractivity contribution in [3.63, 3.8) is 0 Å². The van der Waals surface area contributed by atoms with Gasteiger partial charge in [0.2, 0.25) is 0 Å². The minimum absolute atomic E-state index is 0.0127. The maximum absolute atomic E-state index is 6.27. The van der Waals surface area contributed by atoms with Crippen molar-refractivity contribution >= 4 is 0 Å². The zero-order valence-electron chi connectivity index (χ0n) is 10.3. The zero-order chi connectivity index (χ0) is 11.1. The highest BCUT2D eigenvalue weighted by Gasteiger charge is 2.49. The molecule has 0 aromatic carbocycles. The molecule has 2 aliphatic rings. The van der Waals surface area contributed by atoms with Crippen molar-refractivity contribution in [1.29, 1.82) is 0 Å². The molecule has 1 aliphatic heterocycles. The van der Waals surface area contributed by atoms with Crippen molar-refractivity contribution < 1.29 is 4.74 Å². The number of hydrogen-bond donors (Lipinski definition) is 1. The summed E-state index contributed by atoms with van der Waals surface area (Å²) in [7, 11) is 0. The first-order valence-corrected chi connectivity index (χ1v) is 6.04. The molecule has 2 fully saturated rings. The molecule has 2 N–H and O–H groups in total. The Balaban J connectivity index is 1.59. The Hall–Kier alpha value is -0.120. The van der Waals surface area contributed by atoms with Crippen LogP contribution in [0.1, 0.15) is 33.6 Å². The van der Waals surface area contributed by atoms with Crippen LogP contribution in [0, 0.1) is 5.92 Å². The Kier molecular flexibility index (Phi) is 2.82. The van der Waals surface area contributed by atoms with Gasteiger partial charge in [-0.05, 0) is 39.5 Å². The van der Waals surface area contributed by atoms with Gasteiger partial charge in [0.15, 0.2) is 0 Å². The maximum atomic E-state index is 6.27. The van der Waals surface area contributed by atoms with Crippen LogP contribution in [0.4, 0.5) is 0 Å². The van der Waals surface area contributed by atoms with Crippen LogP contribution in [0.5, 0.6) is 0 Å². The van der Waals surface area contributed by atoms with Crippen molar-refractivity contribution in [2.24, 2.45) is 11.7 Å². The first kappa shape index (κ1) is 11.4. The van der Waals surface area contributed by atoms with Gasteiger partial charge < -0.3 is 10.5 Å². The van der Waals surface area contributed by atoms with E-state index in [0.717, 1.165) is 32.2 Å². The molecule has 1 saturated carbocycles. The van der Waals surface area contributed by atoms with Gasteiger partial charge in [0.25, 0.3) is 0 Å². The zero-order valence-corrected chi connectivity index (χ0v) is 10.3. The number of likely N-dealkylation sites (tertiary alicyclic amines) is 1.